The van der Waals surface area contributed by atoms with Crippen molar-refractivity contribution in [3.8, 4) is 0 Å². The third-order valence-corrected chi connectivity index (χ3v) is 4.71. The molecule has 9 heteroatoms. The molecule has 2 aromatic carbocycles. The van der Waals surface area contributed by atoms with E-state index < -0.39 is 23.7 Å². The van der Waals surface area contributed by atoms with E-state index in [1.165, 1.54) is 29.3 Å². The Kier molecular flexibility index (Phi) is 5.25. The van der Waals surface area contributed by atoms with Crippen molar-refractivity contribution in [2.75, 3.05) is 10.3 Å². The first kappa shape index (κ1) is 19.3. The minimum Gasteiger partial charge on any atom is -0.368 e. The molecule has 3 aromatic rings. The van der Waals surface area contributed by atoms with Crippen LogP contribution in [0.4, 0.5) is 15.8 Å². The number of carbonyl (C=O) groups is 2. The molecule has 4 rings (SSSR count). The first-order valence-corrected chi connectivity index (χ1v) is 9.29. The molecule has 0 aliphatic carbocycles. The molecule has 3 N–H and O–H groups in total. The summed E-state index contributed by atoms with van der Waals surface area (Å²) in [4.78, 5) is 24.5. The van der Waals surface area contributed by atoms with Crippen LogP contribution >= 0.6 is 0 Å². The first-order valence-electron chi connectivity index (χ1n) is 9.29. The molecule has 1 aliphatic heterocycles. The van der Waals surface area contributed by atoms with Gasteiger partial charge in [0.15, 0.2) is 0 Å². The van der Waals surface area contributed by atoms with Gasteiger partial charge >= 0.3 is 0 Å². The van der Waals surface area contributed by atoms with Crippen LogP contribution < -0.4 is 16.1 Å². The van der Waals surface area contributed by atoms with Crippen LogP contribution in [0.2, 0.25) is 0 Å². The molecular formula is C21H19FN6O2. The average molecular weight is 406 g/mol. The molecule has 152 valence electrons. The van der Waals surface area contributed by atoms with Crippen molar-refractivity contribution < 1.29 is 14.0 Å². The van der Waals surface area contributed by atoms with E-state index in [9.17, 15) is 14.0 Å². The molecule has 1 unspecified atom stereocenters. The zero-order valence-electron chi connectivity index (χ0n) is 15.9. The van der Waals surface area contributed by atoms with Gasteiger partial charge in [0.1, 0.15) is 17.6 Å². The Morgan fingerprint density at radius 2 is 1.87 bits per heavy atom. The molecule has 0 spiro atoms. The number of nitrogens with one attached hydrogen (secondary N) is 1. The molecule has 0 saturated carbocycles. The number of hydrazone groups is 1. The predicted molar refractivity (Wildman–Crippen MR) is 110 cm³/mol. The second-order valence-electron chi connectivity index (χ2n) is 6.84. The van der Waals surface area contributed by atoms with Crippen LogP contribution in [0.3, 0.4) is 0 Å². The number of carbonyl (C=O) groups excluding carboxylic acids is 2. The standard InChI is InChI=1S/C21H19FN6O2/c22-15-4-8-17(9-5-15)28-19(20(23)29)12-18(26-28)21(30)25-16-6-2-14(3-7-16)13-27-11-1-10-24-27/h1-11,19H,12-13H2,(H2,23,29)(H,25,30). The summed E-state index contributed by atoms with van der Waals surface area (Å²) in [5, 5.41) is 12.5. The largest absolute Gasteiger partial charge is 0.368 e. The lowest BCUT2D eigenvalue weighted by atomic mass is 10.1. The highest BCUT2D eigenvalue weighted by molar-refractivity contribution is 6.44. The van der Waals surface area contributed by atoms with E-state index in [1.807, 2.05) is 24.4 Å². The lowest BCUT2D eigenvalue weighted by molar-refractivity contribution is -0.119. The van der Waals surface area contributed by atoms with Crippen molar-refractivity contribution in [1.82, 2.24) is 9.78 Å². The van der Waals surface area contributed by atoms with E-state index in [2.05, 4.69) is 15.5 Å². The van der Waals surface area contributed by atoms with Crippen molar-refractivity contribution in [1.29, 1.82) is 0 Å². The van der Waals surface area contributed by atoms with E-state index in [0.29, 0.717) is 17.9 Å². The summed E-state index contributed by atoms with van der Waals surface area (Å²) in [6, 6.07) is 13.9. The second kappa shape index (κ2) is 8.16. The van der Waals surface area contributed by atoms with Crippen molar-refractivity contribution in [3.63, 3.8) is 0 Å². The Bertz CT molecular complexity index is 1080. The fraction of sp³-hybridized carbons (Fsp3) is 0.143. The Balaban J connectivity index is 1.46. The highest BCUT2D eigenvalue weighted by Crippen LogP contribution is 2.25. The predicted octanol–water partition coefficient (Wildman–Crippen LogP) is 2.13. The SMILES string of the molecule is NC(=O)C1CC(C(=O)Nc2ccc(Cn3cccn3)cc2)=NN1c1ccc(F)cc1. The van der Waals surface area contributed by atoms with Gasteiger partial charge in [0.2, 0.25) is 5.91 Å². The summed E-state index contributed by atoms with van der Waals surface area (Å²) >= 11 is 0. The number of amides is 2. The number of nitrogens with two attached hydrogens (primary N) is 1. The number of anilines is 2. The normalized spacial score (nSPS) is 15.7. The number of nitrogens with zero attached hydrogens (tertiary/aromatic N) is 4. The van der Waals surface area contributed by atoms with Gasteiger partial charge < -0.3 is 11.1 Å². The summed E-state index contributed by atoms with van der Waals surface area (Å²) in [5.41, 5.74) is 7.76. The van der Waals surface area contributed by atoms with Gasteiger partial charge in [0.25, 0.3) is 5.91 Å². The summed E-state index contributed by atoms with van der Waals surface area (Å²) < 4.78 is 15.0. The number of rotatable bonds is 6. The second-order valence-corrected chi connectivity index (χ2v) is 6.84. The number of halogens is 1. The highest BCUT2D eigenvalue weighted by Gasteiger charge is 2.35. The molecule has 0 saturated heterocycles. The van der Waals surface area contributed by atoms with Gasteiger partial charge in [-0.25, -0.2) is 4.39 Å². The number of aromatic nitrogens is 2. The van der Waals surface area contributed by atoms with Crippen molar-refractivity contribution in [3.05, 3.63) is 78.4 Å². The summed E-state index contributed by atoms with van der Waals surface area (Å²) in [6.45, 7) is 0.626. The fourth-order valence-electron chi connectivity index (χ4n) is 3.18. The highest BCUT2D eigenvalue weighted by atomic mass is 19.1. The maximum absolute atomic E-state index is 13.2. The number of benzene rings is 2. The van der Waals surface area contributed by atoms with E-state index in [4.69, 9.17) is 5.73 Å². The number of primary amides is 1. The Labute approximate surface area is 171 Å². The van der Waals surface area contributed by atoms with Gasteiger partial charge in [-0.1, -0.05) is 12.1 Å². The molecule has 0 radical (unpaired) electrons. The molecular weight excluding hydrogens is 387 g/mol. The smallest absolute Gasteiger partial charge is 0.271 e. The minimum atomic E-state index is -0.812. The van der Waals surface area contributed by atoms with Crippen molar-refractivity contribution in [2.45, 2.75) is 19.0 Å². The summed E-state index contributed by atoms with van der Waals surface area (Å²) in [7, 11) is 0. The van der Waals surface area contributed by atoms with Gasteiger partial charge in [-0.3, -0.25) is 19.3 Å². The van der Waals surface area contributed by atoms with Crippen LogP contribution in [0, 0.1) is 5.82 Å². The fourth-order valence-corrected chi connectivity index (χ4v) is 3.18. The van der Waals surface area contributed by atoms with E-state index in [-0.39, 0.29) is 12.1 Å². The Hall–Kier alpha value is -4.01. The quantitative estimate of drug-likeness (QED) is 0.654. The zero-order chi connectivity index (χ0) is 21.1. The summed E-state index contributed by atoms with van der Waals surface area (Å²) in [5.74, 6) is -1.45. The van der Waals surface area contributed by atoms with Crippen LogP contribution in [0.5, 0.6) is 0 Å². The molecule has 1 aromatic heterocycles. The monoisotopic (exact) mass is 406 g/mol. The Morgan fingerprint density at radius 1 is 1.13 bits per heavy atom. The maximum atomic E-state index is 13.2. The summed E-state index contributed by atoms with van der Waals surface area (Å²) in [6.07, 6.45) is 3.65. The van der Waals surface area contributed by atoms with Crippen LogP contribution in [0.1, 0.15) is 12.0 Å². The molecule has 0 bridgehead atoms. The van der Waals surface area contributed by atoms with E-state index >= 15 is 0 Å². The minimum absolute atomic E-state index is 0.0654. The number of hydrogen-bond acceptors (Lipinski definition) is 5. The Morgan fingerprint density at radius 3 is 2.50 bits per heavy atom. The third kappa shape index (κ3) is 4.19. The van der Waals surface area contributed by atoms with Crippen molar-refractivity contribution in [2.24, 2.45) is 10.8 Å². The molecule has 1 aliphatic rings. The topological polar surface area (TPSA) is 106 Å². The first-order chi connectivity index (χ1) is 14.5. The average Bonchev–Trinajstić information content (AvgIpc) is 3.40. The number of hydrogen-bond donors (Lipinski definition) is 2. The molecule has 2 amide bonds. The van der Waals surface area contributed by atoms with Gasteiger partial charge in [0.05, 0.1) is 12.2 Å². The van der Waals surface area contributed by atoms with E-state index in [0.717, 1.165) is 5.56 Å². The van der Waals surface area contributed by atoms with Gasteiger partial charge in [-0.05, 0) is 48.0 Å². The van der Waals surface area contributed by atoms with Crippen LogP contribution in [-0.4, -0.2) is 33.3 Å². The lowest BCUT2D eigenvalue weighted by Crippen LogP contribution is -2.39. The molecule has 1 atom stereocenters. The molecule has 0 fully saturated rings. The zero-order valence-corrected chi connectivity index (χ0v) is 15.9. The van der Waals surface area contributed by atoms with Crippen LogP contribution in [-0.2, 0) is 16.1 Å². The van der Waals surface area contributed by atoms with Gasteiger partial charge in [-0.15, -0.1) is 0 Å². The van der Waals surface area contributed by atoms with Crippen LogP contribution in [0.25, 0.3) is 0 Å². The molecule has 30 heavy (non-hydrogen) atoms. The lowest BCUT2D eigenvalue weighted by Gasteiger charge is -2.20. The van der Waals surface area contributed by atoms with Gasteiger partial charge in [0, 0.05) is 24.5 Å². The van der Waals surface area contributed by atoms with Crippen molar-refractivity contribution >= 4 is 28.9 Å². The van der Waals surface area contributed by atoms with Crippen LogP contribution in [0.15, 0.2) is 72.1 Å². The maximum Gasteiger partial charge on any atom is 0.271 e. The molecule has 2 heterocycles. The third-order valence-electron chi connectivity index (χ3n) is 4.71. The van der Waals surface area contributed by atoms with E-state index in [1.54, 1.807) is 23.0 Å². The molecule has 8 nitrogen and oxygen atoms in total. The van der Waals surface area contributed by atoms with Gasteiger partial charge in [-0.2, -0.15) is 10.2 Å².